The molecule has 0 saturated carbocycles. The molecule has 0 bridgehead atoms. The van der Waals surface area contributed by atoms with Crippen LogP contribution in [0.3, 0.4) is 0 Å². The summed E-state index contributed by atoms with van der Waals surface area (Å²) in [6.07, 6.45) is 10.5. The van der Waals surface area contributed by atoms with Crippen LogP contribution in [0.5, 0.6) is 0 Å². The van der Waals surface area contributed by atoms with E-state index in [1.165, 1.54) is 25.7 Å². The zero-order valence-electron chi connectivity index (χ0n) is 11.8. The molecule has 0 aromatic carbocycles. The number of hydrogen-bond donors (Lipinski definition) is 1. The minimum absolute atomic E-state index is 0.112. The van der Waals surface area contributed by atoms with Crippen molar-refractivity contribution < 1.29 is 13.0 Å². The van der Waals surface area contributed by atoms with E-state index in [2.05, 4.69) is 0 Å². The number of hydrogen-bond acceptors (Lipinski definition) is 2. The van der Waals surface area contributed by atoms with Gasteiger partial charge >= 0.3 is 6.00 Å². The largest absolute Gasteiger partial charge is 0.341 e. The molecule has 1 N–H and O–H groups in total. The zero-order chi connectivity index (χ0) is 15.5. The Morgan fingerprint density at radius 1 is 0.700 bits per heavy atom. The predicted molar refractivity (Wildman–Crippen MR) is 90.7 cm³/mol. The first-order valence-electron chi connectivity index (χ1n) is 7.23. The van der Waals surface area contributed by atoms with Crippen LogP contribution in [-0.2, 0) is 10.1 Å². The fourth-order valence-corrected chi connectivity index (χ4v) is 4.45. The summed E-state index contributed by atoms with van der Waals surface area (Å²) in [7, 11) is -3.77. The normalized spacial score (nSPS) is 12.8. The van der Waals surface area contributed by atoms with Crippen molar-refractivity contribution >= 4 is 49.4 Å². The molecule has 0 aromatic rings. The third kappa shape index (κ3) is 19.0. The maximum atomic E-state index is 10.5. The van der Waals surface area contributed by atoms with Gasteiger partial charge in [-0.1, -0.05) is 57.8 Å². The topological polar surface area (TPSA) is 54.4 Å². The van der Waals surface area contributed by atoms with Gasteiger partial charge in [-0.2, -0.15) is 8.42 Å². The fourth-order valence-electron chi connectivity index (χ4n) is 2.02. The highest BCUT2D eigenvalue weighted by atomic mass is 35.8. The summed E-state index contributed by atoms with van der Waals surface area (Å²) < 4.78 is 29.5. The summed E-state index contributed by atoms with van der Waals surface area (Å²) in [6.45, 7) is 0. The van der Waals surface area contributed by atoms with Gasteiger partial charge in [-0.3, -0.25) is 4.55 Å². The van der Waals surface area contributed by atoms with Crippen LogP contribution in [0.25, 0.3) is 0 Å². The lowest BCUT2D eigenvalue weighted by Crippen LogP contribution is -2.07. The van der Waals surface area contributed by atoms with E-state index < -0.39 is 16.1 Å². The van der Waals surface area contributed by atoms with E-state index >= 15 is 0 Å². The molecule has 0 aromatic heterocycles. The van der Waals surface area contributed by atoms with E-state index in [1.54, 1.807) is 0 Å². The zero-order valence-corrected chi connectivity index (χ0v) is 15.9. The maximum absolute atomic E-state index is 10.5. The average molecular weight is 384 g/mol. The molecule has 8 heteroatoms. The molecule has 0 radical (unpaired) electrons. The molecular weight excluding hydrogens is 359 g/mol. The van der Waals surface area contributed by atoms with Gasteiger partial charge < -0.3 is 0 Å². The lowest BCUT2D eigenvalue weighted by Gasteiger charge is -2.06. The van der Waals surface area contributed by atoms with Crippen molar-refractivity contribution in [3.05, 3.63) is 0 Å². The van der Waals surface area contributed by atoms with E-state index in [1.807, 2.05) is 0 Å². The molecule has 0 heterocycles. The molecule has 0 fully saturated rings. The van der Waals surface area contributed by atoms with Crippen molar-refractivity contribution in [2.75, 3.05) is 5.75 Å². The van der Waals surface area contributed by atoms with Gasteiger partial charge in [0.1, 0.15) is 0 Å². The molecule has 0 aliphatic carbocycles. The Hall–Kier alpha value is 0.997. The SMILES string of the molecule is O=S(=O)(O)CCCCCCCCCCCC[Si](Cl)(Cl)Cl. The standard InChI is InChI=1S/C12H25Cl3O3SSi/c13-20(14,15)12-10-8-6-4-2-1-3-5-7-9-11-19(16,17)18/h1-12H2,(H,16,17,18). The lowest BCUT2D eigenvalue weighted by atomic mass is 10.1. The van der Waals surface area contributed by atoms with Crippen LogP contribution in [0.4, 0.5) is 0 Å². The number of rotatable bonds is 13. The molecule has 0 rings (SSSR count). The Labute approximate surface area is 138 Å². The third-order valence-corrected chi connectivity index (χ3v) is 6.54. The summed E-state index contributed by atoms with van der Waals surface area (Å²) >= 11 is 17.4. The first-order valence-corrected chi connectivity index (χ1v) is 14.1. The Balaban J connectivity index is 3.14. The van der Waals surface area contributed by atoms with Crippen LogP contribution in [0, 0.1) is 0 Å². The molecule has 0 aliphatic heterocycles. The first-order chi connectivity index (χ1) is 9.21. The van der Waals surface area contributed by atoms with E-state index in [0.29, 0.717) is 6.42 Å². The van der Waals surface area contributed by atoms with Gasteiger partial charge in [0.2, 0.25) is 0 Å². The monoisotopic (exact) mass is 382 g/mol. The molecule has 0 unspecified atom stereocenters. The molecule has 0 atom stereocenters. The van der Waals surface area contributed by atoms with E-state index in [9.17, 15) is 8.42 Å². The molecule has 0 spiro atoms. The Kier molecular flexibility index (Phi) is 12.1. The third-order valence-electron chi connectivity index (χ3n) is 3.11. The Morgan fingerprint density at radius 3 is 1.40 bits per heavy atom. The van der Waals surface area contributed by atoms with Crippen molar-refractivity contribution in [3.63, 3.8) is 0 Å². The Bertz CT molecular complexity index is 331. The highest BCUT2D eigenvalue weighted by Crippen LogP contribution is 2.27. The second-order valence-corrected chi connectivity index (χ2v) is 16.0. The highest BCUT2D eigenvalue weighted by molar-refractivity contribution is 7.85. The molecule has 122 valence electrons. The molecule has 20 heavy (non-hydrogen) atoms. The molecular formula is C12H25Cl3O3SSi. The fraction of sp³-hybridized carbons (Fsp3) is 1.00. The minimum Gasteiger partial charge on any atom is -0.286 e. The number of halogens is 3. The van der Waals surface area contributed by atoms with Crippen molar-refractivity contribution in [2.24, 2.45) is 0 Å². The van der Waals surface area contributed by atoms with Gasteiger partial charge in [-0.05, 0) is 12.5 Å². The summed E-state index contributed by atoms with van der Waals surface area (Å²) in [5.41, 5.74) is 0. The van der Waals surface area contributed by atoms with Gasteiger partial charge in [0, 0.05) is 0 Å². The molecule has 0 saturated heterocycles. The van der Waals surface area contributed by atoms with E-state index in [0.717, 1.165) is 38.1 Å². The van der Waals surface area contributed by atoms with Crippen LogP contribution in [0.15, 0.2) is 0 Å². The van der Waals surface area contributed by atoms with Gasteiger partial charge in [0.05, 0.1) is 5.75 Å². The smallest absolute Gasteiger partial charge is 0.286 e. The van der Waals surface area contributed by atoms with Crippen LogP contribution < -0.4 is 0 Å². The van der Waals surface area contributed by atoms with Crippen molar-refractivity contribution in [2.45, 2.75) is 70.3 Å². The Morgan fingerprint density at radius 2 is 1.05 bits per heavy atom. The first kappa shape index (κ1) is 21.0. The van der Waals surface area contributed by atoms with E-state index in [4.69, 9.17) is 37.8 Å². The van der Waals surface area contributed by atoms with Crippen LogP contribution in [0.1, 0.15) is 64.2 Å². The minimum atomic E-state index is -3.77. The van der Waals surface area contributed by atoms with Crippen LogP contribution in [0.2, 0.25) is 6.04 Å². The highest BCUT2D eigenvalue weighted by Gasteiger charge is 2.23. The summed E-state index contributed by atoms with van der Waals surface area (Å²) in [5.74, 6) is -0.112. The quantitative estimate of drug-likeness (QED) is 0.200. The van der Waals surface area contributed by atoms with Gasteiger partial charge in [0.25, 0.3) is 10.1 Å². The lowest BCUT2D eigenvalue weighted by molar-refractivity contribution is 0.478. The molecule has 0 aliphatic rings. The molecule has 3 nitrogen and oxygen atoms in total. The summed E-state index contributed by atoms with van der Waals surface area (Å²) in [5, 5.41) is 0. The van der Waals surface area contributed by atoms with Crippen molar-refractivity contribution in [1.29, 1.82) is 0 Å². The van der Waals surface area contributed by atoms with Gasteiger partial charge in [0.15, 0.2) is 0 Å². The van der Waals surface area contributed by atoms with Crippen LogP contribution >= 0.6 is 33.2 Å². The van der Waals surface area contributed by atoms with Crippen molar-refractivity contribution in [3.8, 4) is 0 Å². The molecule has 0 amide bonds. The second-order valence-electron chi connectivity index (χ2n) is 5.19. The summed E-state index contributed by atoms with van der Waals surface area (Å²) in [6, 6.07) is -1.65. The number of unbranched alkanes of at least 4 members (excludes halogenated alkanes) is 9. The maximum Gasteiger partial charge on any atom is 0.341 e. The van der Waals surface area contributed by atoms with Crippen LogP contribution in [-0.4, -0.2) is 24.7 Å². The second kappa shape index (κ2) is 11.5. The van der Waals surface area contributed by atoms with Gasteiger partial charge in [-0.25, -0.2) is 0 Å². The van der Waals surface area contributed by atoms with Crippen molar-refractivity contribution in [1.82, 2.24) is 0 Å². The van der Waals surface area contributed by atoms with Gasteiger partial charge in [-0.15, -0.1) is 33.2 Å². The average Bonchev–Trinajstić information content (AvgIpc) is 2.27. The summed E-state index contributed by atoms with van der Waals surface area (Å²) in [4.78, 5) is 0. The predicted octanol–water partition coefficient (Wildman–Crippen LogP) is 5.43. The van der Waals surface area contributed by atoms with E-state index in [-0.39, 0.29) is 5.75 Å².